The van der Waals surface area contributed by atoms with Crippen molar-refractivity contribution < 1.29 is 14.3 Å². The summed E-state index contributed by atoms with van der Waals surface area (Å²) in [5.41, 5.74) is 0.174. The van der Waals surface area contributed by atoms with Crippen LogP contribution in [0.4, 0.5) is 10.2 Å². The molecule has 0 aliphatic heterocycles. The van der Waals surface area contributed by atoms with E-state index >= 15 is 0 Å². The van der Waals surface area contributed by atoms with Crippen molar-refractivity contribution in [2.24, 2.45) is 5.92 Å². The van der Waals surface area contributed by atoms with E-state index in [0.717, 1.165) is 0 Å². The third kappa shape index (κ3) is 2.62. The first-order valence-corrected chi connectivity index (χ1v) is 5.89. The number of hydrogen-bond donors (Lipinski definition) is 2. The molecule has 2 aromatic rings. The Labute approximate surface area is 109 Å². The maximum absolute atomic E-state index is 13.6. The van der Waals surface area contributed by atoms with Gasteiger partial charge in [0.15, 0.2) is 0 Å². The van der Waals surface area contributed by atoms with E-state index in [1.54, 1.807) is 19.9 Å². The number of halogens is 1. The second-order valence-electron chi connectivity index (χ2n) is 4.56. The number of anilines is 1. The normalized spacial score (nSPS) is 12.6. The summed E-state index contributed by atoms with van der Waals surface area (Å²) in [7, 11) is 0. The Morgan fingerprint density at radius 2 is 2.11 bits per heavy atom. The van der Waals surface area contributed by atoms with E-state index in [-0.39, 0.29) is 11.4 Å². The standard InChI is InChI=1S/C13H14FN3O2/c1-7(2)10(13(18)19)17-12-8-4-3-5-9(14)11(8)15-6-16-12/h3-7,10H,1-2H3,(H,18,19)(H,15,16,17)/t10-/m0/s1. The number of fused-ring (bicyclic) bond motifs is 1. The fourth-order valence-electron chi connectivity index (χ4n) is 1.83. The number of carbonyl (C=O) groups is 1. The Bertz CT molecular complexity index is 616. The van der Waals surface area contributed by atoms with E-state index in [0.29, 0.717) is 11.2 Å². The number of nitrogens with zero attached hydrogens (tertiary/aromatic N) is 2. The number of rotatable bonds is 4. The quantitative estimate of drug-likeness (QED) is 0.885. The molecule has 0 fully saturated rings. The zero-order chi connectivity index (χ0) is 14.0. The maximum atomic E-state index is 13.6. The predicted octanol–water partition coefficient (Wildman–Crippen LogP) is 2.29. The van der Waals surface area contributed by atoms with E-state index < -0.39 is 17.8 Å². The van der Waals surface area contributed by atoms with Crippen molar-refractivity contribution >= 4 is 22.7 Å². The molecule has 19 heavy (non-hydrogen) atoms. The molecule has 0 aliphatic rings. The van der Waals surface area contributed by atoms with Crippen molar-refractivity contribution in [2.75, 3.05) is 5.32 Å². The molecule has 0 bridgehead atoms. The third-order valence-corrected chi connectivity index (χ3v) is 2.84. The summed E-state index contributed by atoms with van der Waals surface area (Å²) < 4.78 is 13.6. The average molecular weight is 263 g/mol. The van der Waals surface area contributed by atoms with Gasteiger partial charge in [0.2, 0.25) is 0 Å². The van der Waals surface area contributed by atoms with Gasteiger partial charge in [0.25, 0.3) is 0 Å². The molecule has 0 radical (unpaired) electrons. The number of para-hydroxylation sites is 1. The second-order valence-corrected chi connectivity index (χ2v) is 4.56. The van der Waals surface area contributed by atoms with E-state index in [4.69, 9.17) is 5.11 Å². The van der Waals surface area contributed by atoms with Crippen molar-refractivity contribution in [3.8, 4) is 0 Å². The topological polar surface area (TPSA) is 75.1 Å². The molecule has 5 nitrogen and oxygen atoms in total. The lowest BCUT2D eigenvalue weighted by molar-refractivity contribution is -0.138. The number of nitrogens with one attached hydrogen (secondary N) is 1. The van der Waals surface area contributed by atoms with Gasteiger partial charge in [-0.1, -0.05) is 19.9 Å². The largest absolute Gasteiger partial charge is 0.480 e. The highest BCUT2D eigenvalue weighted by atomic mass is 19.1. The fourth-order valence-corrected chi connectivity index (χ4v) is 1.83. The molecular weight excluding hydrogens is 249 g/mol. The highest BCUT2D eigenvalue weighted by Gasteiger charge is 2.22. The zero-order valence-electron chi connectivity index (χ0n) is 10.6. The molecule has 6 heteroatoms. The molecule has 2 N–H and O–H groups in total. The van der Waals surface area contributed by atoms with Crippen LogP contribution in [-0.4, -0.2) is 27.1 Å². The summed E-state index contributed by atoms with van der Waals surface area (Å²) in [5.74, 6) is -1.24. The molecule has 1 aromatic carbocycles. The first-order chi connectivity index (χ1) is 9.00. The van der Waals surface area contributed by atoms with Crippen LogP contribution in [0.25, 0.3) is 10.9 Å². The van der Waals surface area contributed by atoms with Gasteiger partial charge in [-0.2, -0.15) is 0 Å². The summed E-state index contributed by atoms with van der Waals surface area (Å²) in [6.07, 6.45) is 1.22. The molecule has 1 heterocycles. The van der Waals surface area contributed by atoms with Crippen LogP contribution in [0.3, 0.4) is 0 Å². The smallest absolute Gasteiger partial charge is 0.326 e. The lowest BCUT2D eigenvalue weighted by atomic mass is 10.0. The molecule has 0 amide bonds. The predicted molar refractivity (Wildman–Crippen MR) is 69.4 cm³/mol. The second kappa shape index (κ2) is 5.17. The van der Waals surface area contributed by atoms with E-state index in [1.165, 1.54) is 18.5 Å². The van der Waals surface area contributed by atoms with Crippen molar-refractivity contribution in [1.29, 1.82) is 0 Å². The lowest BCUT2D eigenvalue weighted by Crippen LogP contribution is -2.34. The molecule has 2 rings (SSSR count). The molecule has 0 unspecified atom stereocenters. The van der Waals surface area contributed by atoms with Crippen molar-refractivity contribution in [1.82, 2.24) is 9.97 Å². The molecule has 0 saturated heterocycles. The molecule has 1 atom stereocenters. The van der Waals surface area contributed by atoms with E-state index in [9.17, 15) is 9.18 Å². The summed E-state index contributed by atoms with van der Waals surface area (Å²) >= 11 is 0. The summed E-state index contributed by atoms with van der Waals surface area (Å²) in [6.45, 7) is 3.57. The minimum Gasteiger partial charge on any atom is -0.480 e. The summed E-state index contributed by atoms with van der Waals surface area (Å²) in [5, 5.41) is 12.4. The van der Waals surface area contributed by atoms with Gasteiger partial charge in [-0.05, 0) is 18.1 Å². The van der Waals surface area contributed by atoms with Gasteiger partial charge >= 0.3 is 5.97 Å². The third-order valence-electron chi connectivity index (χ3n) is 2.84. The Balaban J connectivity index is 2.46. The van der Waals surface area contributed by atoms with Crippen molar-refractivity contribution in [3.05, 3.63) is 30.3 Å². The van der Waals surface area contributed by atoms with Gasteiger partial charge < -0.3 is 10.4 Å². The molecule has 0 saturated carbocycles. The fraction of sp³-hybridized carbons (Fsp3) is 0.308. The SMILES string of the molecule is CC(C)[C@H](Nc1ncnc2c(F)cccc12)C(=O)O. The first-order valence-electron chi connectivity index (χ1n) is 5.89. The summed E-state index contributed by atoms with van der Waals surface area (Å²) in [4.78, 5) is 19.0. The molecule has 0 spiro atoms. The number of carboxylic acid groups (broad SMARTS) is 1. The minimum atomic E-state index is -0.974. The van der Waals surface area contributed by atoms with Gasteiger partial charge in [0, 0.05) is 5.39 Å². The molecule has 1 aromatic heterocycles. The first kappa shape index (κ1) is 13.2. The minimum absolute atomic E-state index is 0.129. The van der Waals surface area contributed by atoms with E-state index in [2.05, 4.69) is 15.3 Å². The van der Waals surface area contributed by atoms with Gasteiger partial charge in [0.1, 0.15) is 29.5 Å². The van der Waals surface area contributed by atoms with Crippen LogP contribution in [0.1, 0.15) is 13.8 Å². The lowest BCUT2D eigenvalue weighted by Gasteiger charge is -2.19. The number of carboxylic acids is 1. The van der Waals surface area contributed by atoms with Crippen LogP contribution < -0.4 is 5.32 Å². The summed E-state index contributed by atoms with van der Waals surface area (Å²) in [6, 6.07) is 3.70. The molecule has 100 valence electrons. The van der Waals surface area contributed by atoms with Crippen LogP contribution in [0.15, 0.2) is 24.5 Å². The molecular formula is C13H14FN3O2. The Morgan fingerprint density at radius 1 is 1.37 bits per heavy atom. The zero-order valence-corrected chi connectivity index (χ0v) is 10.6. The van der Waals surface area contributed by atoms with Crippen LogP contribution in [0, 0.1) is 11.7 Å². The van der Waals surface area contributed by atoms with Crippen molar-refractivity contribution in [2.45, 2.75) is 19.9 Å². The Morgan fingerprint density at radius 3 is 2.74 bits per heavy atom. The van der Waals surface area contributed by atoms with Crippen LogP contribution in [0.2, 0.25) is 0 Å². The van der Waals surface area contributed by atoms with Crippen LogP contribution in [0.5, 0.6) is 0 Å². The highest BCUT2D eigenvalue weighted by molar-refractivity contribution is 5.91. The monoisotopic (exact) mass is 263 g/mol. The van der Waals surface area contributed by atoms with Gasteiger partial charge in [0.05, 0.1) is 0 Å². The number of aromatic nitrogens is 2. The Kier molecular flexibility index (Phi) is 3.59. The number of hydrogen-bond acceptors (Lipinski definition) is 4. The number of aliphatic carboxylic acids is 1. The van der Waals surface area contributed by atoms with Gasteiger partial charge in [-0.25, -0.2) is 19.2 Å². The maximum Gasteiger partial charge on any atom is 0.326 e. The molecule has 0 aliphatic carbocycles. The van der Waals surface area contributed by atoms with Crippen molar-refractivity contribution in [3.63, 3.8) is 0 Å². The average Bonchev–Trinajstić information content (AvgIpc) is 2.36. The van der Waals surface area contributed by atoms with Gasteiger partial charge in [-0.15, -0.1) is 0 Å². The number of benzene rings is 1. The highest BCUT2D eigenvalue weighted by Crippen LogP contribution is 2.22. The Hall–Kier alpha value is -2.24. The van der Waals surface area contributed by atoms with Crippen LogP contribution >= 0.6 is 0 Å². The van der Waals surface area contributed by atoms with Gasteiger partial charge in [-0.3, -0.25) is 0 Å². The van der Waals surface area contributed by atoms with Crippen LogP contribution in [-0.2, 0) is 4.79 Å². The van der Waals surface area contributed by atoms with E-state index in [1.807, 2.05) is 0 Å².